The molecule has 178 valence electrons. The zero-order valence-electron chi connectivity index (χ0n) is 17.4. The van der Waals surface area contributed by atoms with E-state index in [4.69, 9.17) is 14.7 Å². The van der Waals surface area contributed by atoms with Gasteiger partial charge >= 0.3 is 12.1 Å². The Balaban J connectivity index is 0.000000383. The fraction of sp³-hybridized carbons (Fsp3) is 0.450. The van der Waals surface area contributed by atoms with Gasteiger partial charge in [0.05, 0.1) is 23.4 Å². The smallest absolute Gasteiger partial charge is 0.475 e. The van der Waals surface area contributed by atoms with Crippen LogP contribution in [0.5, 0.6) is 0 Å². The molecule has 0 radical (unpaired) electrons. The number of carboxylic acids is 1. The maximum Gasteiger partial charge on any atom is 0.490 e. The Morgan fingerprint density at radius 2 is 2.06 bits per heavy atom. The number of pyridine rings is 1. The molecule has 9 nitrogen and oxygen atoms in total. The third-order valence-electron chi connectivity index (χ3n) is 4.99. The third-order valence-corrected chi connectivity index (χ3v) is 5.62. The average molecular weight is 485 g/mol. The van der Waals surface area contributed by atoms with Gasteiger partial charge in [0, 0.05) is 31.1 Å². The van der Waals surface area contributed by atoms with Gasteiger partial charge in [-0.05, 0) is 31.5 Å². The number of alkyl halides is 3. The van der Waals surface area contributed by atoms with E-state index in [0.29, 0.717) is 18.7 Å². The van der Waals surface area contributed by atoms with Crippen molar-refractivity contribution in [2.75, 3.05) is 13.1 Å². The van der Waals surface area contributed by atoms with Crippen molar-refractivity contribution in [1.29, 1.82) is 0 Å². The maximum atomic E-state index is 12.4. The van der Waals surface area contributed by atoms with Crippen LogP contribution in [-0.2, 0) is 27.5 Å². The summed E-state index contributed by atoms with van der Waals surface area (Å²) in [5.41, 5.74) is 3.74. The number of rotatable bonds is 5. The highest BCUT2D eigenvalue weighted by Gasteiger charge is 2.44. The van der Waals surface area contributed by atoms with Crippen LogP contribution in [-0.4, -0.2) is 62.4 Å². The Morgan fingerprint density at radius 3 is 2.70 bits per heavy atom. The number of thiazole rings is 1. The topological polar surface area (TPSA) is 117 Å². The number of aromatic nitrogens is 2. The summed E-state index contributed by atoms with van der Waals surface area (Å²) in [6.45, 7) is 2.97. The first-order valence-corrected chi connectivity index (χ1v) is 10.9. The summed E-state index contributed by atoms with van der Waals surface area (Å²) in [5.74, 6) is -2.93. The largest absolute Gasteiger partial charge is 0.490 e. The van der Waals surface area contributed by atoms with Gasteiger partial charge in [0.2, 0.25) is 0 Å². The number of aliphatic carboxylic acids is 1. The molecule has 4 rings (SSSR count). The number of carboxylic acid groups (broad SMARTS) is 1. The van der Waals surface area contributed by atoms with Crippen molar-refractivity contribution in [1.82, 2.24) is 20.2 Å². The van der Waals surface area contributed by atoms with E-state index in [1.165, 1.54) is 11.3 Å². The molecule has 0 aliphatic carbocycles. The molecule has 2 N–H and O–H groups in total. The minimum Gasteiger partial charge on any atom is -0.475 e. The molecule has 1 fully saturated rings. The first-order valence-electron chi connectivity index (χ1n) is 10.00. The van der Waals surface area contributed by atoms with Gasteiger partial charge in [-0.1, -0.05) is 11.2 Å². The van der Waals surface area contributed by atoms with Crippen LogP contribution in [0, 0.1) is 0 Å². The second-order valence-electron chi connectivity index (χ2n) is 7.59. The van der Waals surface area contributed by atoms with E-state index >= 15 is 0 Å². The van der Waals surface area contributed by atoms with Gasteiger partial charge in [-0.15, -0.1) is 11.3 Å². The molecule has 1 atom stereocenters. The number of likely N-dealkylation sites (tertiary alicyclic amines) is 1. The Morgan fingerprint density at radius 1 is 1.27 bits per heavy atom. The molecule has 2 aromatic rings. The highest BCUT2D eigenvalue weighted by atomic mass is 32.1. The quantitative estimate of drug-likeness (QED) is 0.669. The van der Waals surface area contributed by atoms with E-state index in [2.05, 4.69) is 25.3 Å². The van der Waals surface area contributed by atoms with Crippen LogP contribution in [0.15, 0.2) is 40.4 Å². The average Bonchev–Trinajstić information content (AvgIpc) is 3.43. The standard InChI is InChI=1S/C18H21N5O2S.C2HF3O2/c24-17(20-9-15-11-26-13-21-15)16-8-18(25-22-16)5-3-7-23(12-18)10-14-4-1-2-6-19-14;3-2(4,5)1(6)7/h1-2,4,6,11,13H,3,5,7-10,12H2,(H,20,24);(H,6,7). The van der Waals surface area contributed by atoms with Crippen LogP contribution in [0.1, 0.15) is 30.7 Å². The van der Waals surface area contributed by atoms with Crippen molar-refractivity contribution in [3.8, 4) is 0 Å². The molecule has 0 bridgehead atoms. The second-order valence-corrected chi connectivity index (χ2v) is 8.31. The summed E-state index contributed by atoms with van der Waals surface area (Å²) < 4.78 is 31.7. The van der Waals surface area contributed by atoms with E-state index in [-0.39, 0.29) is 11.5 Å². The minimum atomic E-state index is -5.08. The number of oxime groups is 1. The van der Waals surface area contributed by atoms with Crippen LogP contribution in [0.4, 0.5) is 13.2 Å². The number of hydrogen-bond acceptors (Lipinski definition) is 8. The molecule has 2 aliphatic rings. The molecule has 1 saturated heterocycles. The highest BCUT2D eigenvalue weighted by Crippen LogP contribution is 2.34. The molecule has 13 heteroatoms. The van der Waals surface area contributed by atoms with Gasteiger partial charge in [-0.2, -0.15) is 13.2 Å². The van der Waals surface area contributed by atoms with Crippen LogP contribution in [0.25, 0.3) is 0 Å². The molecule has 2 aromatic heterocycles. The Bertz CT molecular complexity index is 972. The van der Waals surface area contributed by atoms with Crippen molar-refractivity contribution >= 4 is 28.9 Å². The molecular formula is C20H22F3N5O4S. The van der Waals surface area contributed by atoms with Crippen LogP contribution in [0.2, 0.25) is 0 Å². The number of nitrogens with one attached hydrogen (secondary N) is 1. The summed E-state index contributed by atoms with van der Waals surface area (Å²) in [4.78, 5) is 37.9. The number of nitrogens with zero attached hydrogens (tertiary/aromatic N) is 4. The predicted molar refractivity (Wildman–Crippen MR) is 112 cm³/mol. The molecule has 4 heterocycles. The fourth-order valence-electron chi connectivity index (χ4n) is 3.51. The SMILES string of the molecule is O=C(NCc1cscn1)C1=NOC2(CCCN(Cc3ccccn3)C2)C1.O=C(O)C(F)(F)F. The van der Waals surface area contributed by atoms with Crippen molar-refractivity contribution in [3.05, 3.63) is 46.7 Å². The van der Waals surface area contributed by atoms with Gasteiger partial charge in [0.1, 0.15) is 5.71 Å². The monoisotopic (exact) mass is 485 g/mol. The zero-order valence-corrected chi connectivity index (χ0v) is 18.2. The van der Waals surface area contributed by atoms with Gasteiger partial charge in [-0.25, -0.2) is 9.78 Å². The Hall–Kier alpha value is -3.06. The van der Waals surface area contributed by atoms with Gasteiger partial charge in [-0.3, -0.25) is 14.7 Å². The first kappa shape index (κ1) is 24.6. The summed E-state index contributed by atoms with van der Waals surface area (Å²) >= 11 is 1.51. The number of piperidine rings is 1. The van der Waals surface area contributed by atoms with E-state index in [1.54, 1.807) is 5.51 Å². The lowest BCUT2D eigenvalue weighted by Crippen LogP contribution is -2.48. The molecule has 0 aromatic carbocycles. The molecule has 1 unspecified atom stereocenters. The van der Waals surface area contributed by atoms with E-state index in [1.807, 2.05) is 29.8 Å². The normalized spacial score (nSPS) is 20.4. The molecule has 2 aliphatic heterocycles. The number of carbonyl (C=O) groups is 2. The van der Waals surface area contributed by atoms with Crippen molar-refractivity contribution < 1.29 is 32.7 Å². The van der Waals surface area contributed by atoms with Crippen molar-refractivity contribution in [3.63, 3.8) is 0 Å². The van der Waals surface area contributed by atoms with Crippen LogP contribution >= 0.6 is 11.3 Å². The number of hydrogen-bond donors (Lipinski definition) is 2. The molecule has 1 amide bonds. The summed E-state index contributed by atoms with van der Waals surface area (Å²) in [7, 11) is 0. The first-order chi connectivity index (χ1) is 15.7. The lowest BCUT2D eigenvalue weighted by Gasteiger charge is -2.38. The van der Waals surface area contributed by atoms with Gasteiger partial charge in [0.15, 0.2) is 5.60 Å². The summed E-state index contributed by atoms with van der Waals surface area (Å²) in [5, 5.41) is 16.0. The lowest BCUT2D eigenvalue weighted by atomic mass is 9.88. The van der Waals surface area contributed by atoms with Gasteiger partial charge < -0.3 is 15.3 Å². The lowest BCUT2D eigenvalue weighted by molar-refractivity contribution is -0.192. The number of amides is 1. The number of carbonyl (C=O) groups excluding carboxylic acids is 1. The van der Waals surface area contributed by atoms with Crippen molar-refractivity contribution in [2.24, 2.45) is 5.16 Å². The maximum absolute atomic E-state index is 12.4. The summed E-state index contributed by atoms with van der Waals surface area (Å²) in [6.07, 6.45) is -0.780. The van der Waals surface area contributed by atoms with E-state index in [0.717, 1.165) is 43.9 Å². The Kier molecular flexibility index (Phi) is 7.97. The molecule has 33 heavy (non-hydrogen) atoms. The predicted octanol–water partition coefficient (Wildman–Crippen LogP) is 2.60. The fourth-order valence-corrected chi connectivity index (χ4v) is 4.06. The van der Waals surface area contributed by atoms with E-state index < -0.39 is 12.1 Å². The Labute approximate surface area is 191 Å². The van der Waals surface area contributed by atoms with Crippen molar-refractivity contribution in [2.45, 2.75) is 44.1 Å². The second kappa shape index (κ2) is 10.7. The van der Waals surface area contributed by atoms with Crippen LogP contribution < -0.4 is 5.32 Å². The summed E-state index contributed by atoms with van der Waals surface area (Å²) in [6, 6.07) is 5.96. The number of halogens is 3. The molecular weight excluding hydrogens is 463 g/mol. The minimum absolute atomic E-state index is 0.170. The highest BCUT2D eigenvalue weighted by molar-refractivity contribution is 7.07. The van der Waals surface area contributed by atoms with E-state index in [9.17, 15) is 18.0 Å². The zero-order chi connectivity index (χ0) is 23.9. The molecule has 1 spiro atoms. The third kappa shape index (κ3) is 7.22. The van der Waals surface area contributed by atoms with Crippen LogP contribution in [0.3, 0.4) is 0 Å². The molecule has 0 saturated carbocycles. The van der Waals surface area contributed by atoms with Gasteiger partial charge in [0.25, 0.3) is 5.91 Å².